The van der Waals surface area contributed by atoms with Crippen molar-refractivity contribution in [3.05, 3.63) is 75.4 Å². The van der Waals surface area contributed by atoms with Crippen LogP contribution in [0.4, 0.5) is 30.7 Å². The molecule has 0 spiro atoms. The minimum absolute atomic E-state index is 0.0110. The third-order valence-corrected chi connectivity index (χ3v) is 6.30. The fourth-order valence-electron chi connectivity index (χ4n) is 3.74. The van der Waals surface area contributed by atoms with E-state index in [0.29, 0.717) is 28.7 Å². The van der Waals surface area contributed by atoms with Crippen molar-refractivity contribution in [2.75, 3.05) is 0 Å². The molecule has 34 heavy (non-hydrogen) atoms. The molecule has 0 aliphatic rings. The first-order chi connectivity index (χ1) is 15.9. The van der Waals surface area contributed by atoms with Crippen molar-refractivity contribution < 1.29 is 30.7 Å². The molecule has 0 unspecified atom stereocenters. The topological polar surface area (TPSA) is 41.6 Å². The molecule has 3 nitrogen and oxygen atoms in total. The highest BCUT2D eigenvalue weighted by Gasteiger charge is 2.37. The standard InChI is InChI=1S/C23H14F7N3S/c1-12-4-18-19(8-24)13(9-31)2-3-20(18)33(12)10-17-11-34-21(32-17)14-5-15(22(25,26)27)7-16(6-14)23(28,29)30/h2-7,11H,8,10H2,1H3. The number of aryl methyl sites for hydroxylation is 1. The molecule has 0 radical (unpaired) electrons. The zero-order valence-corrected chi connectivity index (χ0v) is 18.2. The van der Waals surface area contributed by atoms with Crippen LogP contribution in [0.25, 0.3) is 21.5 Å². The van der Waals surface area contributed by atoms with Crippen molar-refractivity contribution in [1.29, 1.82) is 5.26 Å². The van der Waals surface area contributed by atoms with Gasteiger partial charge in [-0.25, -0.2) is 9.37 Å². The van der Waals surface area contributed by atoms with Crippen molar-refractivity contribution in [3.63, 3.8) is 0 Å². The molecule has 0 bridgehead atoms. The van der Waals surface area contributed by atoms with Gasteiger partial charge in [0, 0.05) is 33.1 Å². The maximum absolute atomic E-state index is 13.6. The molecule has 4 rings (SSSR count). The minimum Gasteiger partial charge on any atom is -0.339 e. The smallest absolute Gasteiger partial charge is 0.339 e. The number of nitrogens with zero attached hydrogens (tertiary/aromatic N) is 3. The molecule has 176 valence electrons. The Morgan fingerprint density at radius 1 is 1.00 bits per heavy atom. The maximum Gasteiger partial charge on any atom is 0.416 e. The molecule has 0 atom stereocenters. The van der Waals surface area contributed by atoms with Crippen LogP contribution in [0.5, 0.6) is 0 Å². The molecule has 0 saturated carbocycles. The summed E-state index contributed by atoms with van der Waals surface area (Å²) in [5.41, 5.74) is -0.854. The molecule has 0 N–H and O–H groups in total. The Morgan fingerprint density at radius 2 is 1.65 bits per heavy atom. The van der Waals surface area contributed by atoms with Gasteiger partial charge >= 0.3 is 12.4 Å². The van der Waals surface area contributed by atoms with Gasteiger partial charge in [0.1, 0.15) is 11.7 Å². The van der Waals surface area contributed by atoms with E-state index in [1.165, 1.54) is 6.07 Å². The molecule has 0 amide bonds. The second-order valence-corrected chi connectivity index (χ2v) is 8.44. The Kier molecular flexibility index (Phi) is 5.89. The van der Waals surface area contributed by atoms with Crippen LogP contribution in [0.1, 0.15) is 33.6 Å². The number of hydrogen-bond donors (Lipinski definition) is 0. The van der Waals surface area contributed by atoms with Crippen molar-refractivity contribution in [1.82, 2.24) is 9.55 Å². The number of rotatable bonds is 4. The summed E-state index contributed by atoms with van der Waals surface area (Å²) in [5.74, 6) is 0. The first-order valence-corrected chi connectivity index (χ1v) is 10.6. The van der Waals surface area contributed by atoms with Gasteiger partial charge in [-0.3, -0.25) is 0 Å². The third-order valence-electron chi connectivity index (χ3n) is 5.36. The van der Waals surface area contributed by atoms with Crippen LogP contribution in [0, 0.1) is 18.3 Å². The number of halogens is 7. The number of fused-ring (bicyclic) bond motifs is 1. The third kappa shape index (κ3) is 4.37. The van der Waals surface area contributed by atoms with Gasteiger partial charge in [0.05, 0.1) is 35.0 Å². The predicted molar refractivity (Wildman–Crippen MR) is 113 cm³/mol. The average Bonchev–Trinajstić information content (AvgIpc) is 3.36. The van der Waals surface area contributed by atoms with E-state index in [2.05, 4.69) is 4.98 Å². The lowest BCUT2D eigenvalue weighted by atomic mass is 10.0. The lowest BCUT2D eigenvalue weighted by Gasteiger charge is -2.13. The number of benzene rings is 2. The molecule has 11 heteroatoms. The summed E-state index contributed by atoms with van der Waals surface area (Å²) in [7, 11) is 0. The second-order valence-electron chi connectivity index (χ2n) is 7.58. The van der Waals surface area contributed by atoms with E-state index in [1.807, 2.05) is 6.07 Å². The summed E-state index contributed by atoms with van der Waals surface area (Å²) in [6.07, 6.45) is -9.90. The summed E-state index contributed by atoms with van der Waals surface area (Å²) >= 11 is 0.926. The maximum atomic E-state index is 13.6. The molecule has 4 aromatic rings. The SMILES string of the molecule is Cc1cc2c(CF)c(C#N)ccc2n1Cc1csc(-c2cc(C(F)(F)F)cc(C(F)(F)F)c2)n1. The highest BCUT2D eigenvalue weighted by atomic mass is 32.1. The van der Waals surface area contributed by atoms with E-state index in [4.69, 9.17) is 0 Å². The zero-order chi connectivity index (χ0) is 24.8. The first kappa shape index (κ1) is 23.8. The Labute approximate surface area is 192 Å². The molecule has 2 aromatic carbocycles. The van der Waals surface area contributed by atoms with E-state index in [-0.39, 0.29) is 34.3 Å². The van der Waals surface area contributed by atoms with Crippen LogP contribution < -0.4 is 0 Å². The van der Waals surface area contributed by atoms with E-state index in [1.54, 1.807) is 29.0 Å². The largest absolute Gasteiger partial charge is 0.416 e. The van der Waals surface area contributed by atoms with Gasteiger partial charge in [-0.05, 0) is 43.3 Å². The highest BCUT2D eigenvalue weighted by Crippen LogP contribution is 2.39. The van der Waals surface area contributed by atoms with Gasteiger partial charge in [0.25, 0.3) is 0 Å². The number of hydrogen-bond acceptors (Lipinski definition) is 3. The molecule has 0 saturated heterocycles. The monoisotopic (exact) mass is 497 g/mol. The van der Waals surface area contributed by atoms with Gasteiger partial charge < -0.3 is 4.57 Å². The van der Waals surface area contributed by atoms with Crippen molar-refractivity contribution in [2.45, 2.75) is 32.5 Å². The van der Waals surface area contributed by atoms with Gasteiger partial charge in [-0.15, -0.1) is 11.3 Å². The van der Waals surface area contributed by atoms with Crippen molar-refractivity contribution >= 4 is 22.2 Å². The Hall–Kier alpha value is -3.39. The summed E-state index contributed by atoms with van der Waals surface area (Å²) in [6.45, 7) is 1.10. The lowest BCUT2D eigenvalue weighted by molar-refractivity contribution is -0.143. The Morgan fingerprint density at radius 3 is 2.21 bits per heavy atom. The van der Waals surface area contributed by atoms with E-state index >= 15 is 0 Å². The molecule has 2 heterocycles. The van der Waals surface area contributed by atoms with Gasteiger partial charge in [0.15, 0.2) is 0 Å². The number of nitriles is 1. The first-order valence-electron chi connectivity index (χ1n) is 9.74. The fourth-order valence-corrected chi connectivity index (χ4v) is 4.54. The van der Waals surface area contributed by atoms with E-state index in [0.717, 1.165) is 17.0 Å². The van der Waals surface area contributed by atoms with Crippen LogP contribution >= 0.6 is 11.3 Å². The van der Waals surface area contributed by atoms with Crippen molar-refractivity contribution in [2.24, 2.45) is 0 Å². The van der Waals surface area contributed by atoms with Crippen molar-refractivity contribution in [3.8, 4) is 16.6 Å². The van der Waals surface area contributed by atoms with Gasteiger partial charge in [-0.1, -0.05) is 0 Å². The quantitative estimate of drug-likeness (QED) is 0.274. The normalized spacial score (nSPS) is 12.3. The zero-order valence-electron chi connectivity index (χ0n) is 17.4. The number of aromatic nitrogens is 2. The van der Waals surface area contributed by atoms with E-state index < -0.39 is 30.2 Å². The number of alkyl halides is 7. The average molecular weight is 497 g/mol. The summed E-state index contributed by atoms with van der Waals surface area (Å²) < 4.78 is 94.5. The molecule has 0 aliphatic carbocycles. The number of thiazole rings is 1. The second kappa shape index (κ2) is 8.43. The van der Waals surface area contributed by atoms with Crippen LogP contribution in [0.2, 0.25) is 0 Å². The highest BCUT2D eigenvalue weighted by molar-refractivity contribution is 7.13. The summed E-state index contributed by atoms with van der Waals surface area (Å²) in [4.78, 5) is 4.26. The van der Waals surface area contributed by atoms with Crippen LogP contribution in [0.3, 0.4) is 0 Å². The van der Waals surface area contributed by atoms with E-state index in [9.17, 15) is 36.0 Å². The van der Waals surface area contributed by atoms with Crippen LogP contribution in [0.15, 0.2) is 41.8 Å². The predicted octanol–water partition coefficient (Wildman–Crippen LogP) is 7.50. The summed E-state index contributed by atoms with van der Waals surface area (Å²) in [5, 5.41) is 11.3. The Bertz CT molecular complexity index is 1390. The molecular formula is C23H14F7N3S. The lowest BCUT2D eigenvalue weighted by Crippen LogP contribution is -2.11. The molecule has 0 fully saturated rings. The minimum atomic E-state index is -4.95. The molecule has 0 aliphatic heterocycles. The van der Waals surface area contributed by atoms with Crippen LogP contribution in [-0.4, -0.2) is 9.55 Å². The van der Waals surface area contributed by atoms with Crippen LogP contribution in [-0.2, 0) is 25.6 Å². The fraction of sp³-hybridized carbons (Fsp3) is 0.217. The molecular weight excluding hydrogens is 483 g/mol. The Balaban J connectivity index is 1.74. The van der Waals surface area contributed by atoms with Gasteiger partial charge in [-0.2, -0.15) is 31.6 Å². The van der Waals surface area contributed by atoms with Gasteiger partial charge in [0.2, 0.25) is 0 Å². The molecule has 2 aromatic heterocycles. The summed E-state index contributed by atoms with van der Waals surface area (Å²) in [6, 6.07) is 8.20.